The van der Waals surface area contributed by atoms with Gasteiger partial charge >= 0.3 is 0 Å². The fraction of sp³-hybridized carbons (Fsp3) is 0.357. The molecule has 102 valence electrons. The molecule has 0 radical (unpaired) electrons. The van der Waals surface area contributed by atoms with Gasteiger partial charge in [-0.15, -0.1) is 0 Å². The molecule has 0 amide bonds. The van der Waals surface area contributed by atoms with E-state index in [1.807, 2.05) is 30.0 Å². The summed E-state index contributed by atoms with van der Waals surface area (Å²) >= 11 is 11.6. The van der Waals surface area contributed by atoms with E-state index in [9.17, 15) is 0 Å². The molecule has 0 fully saturated rings. The minimum Gasteiger partial charge on any atom is -0.495 e. The normalized spacial score (nSPS) is 17.8. The van der Waals surface area contributed by atoms with Crippen LogP contribution in [0.2, 0.25) is 5.02 Å². The van der Waals surface area contributed by atoms with Crippen molar-refractivity contribution in [2.24, 2.45) is 0 Å². The largest absolute Gasteiger partial charge is 0.495 e. The summed E-state index contributed by atoms with van der Waals surface area (Å²) in [4.78, 5) is 1.96. The van der Waals surface area contributed by atoms with Crippen LogP contribution in [0.15, 0.2) is 30.0 Å². The average molecular weight is 297 g/mol. The van der Waals surface area contributed by atoms with Gasteiger partial charge in [-0.3, -0.25) is 4.90 Å². The lowest BCUT2D eigenvalue weighted by Crippen LogP contribution is -2.53. The molecule has 1 aliphatic rings. The van der Waals surface area contributed by atoms with Gasteiger partial charge in [-0.25, -0.2) is 0 Å². The van der Waals surface area contributed by atoms with Crippen molar-refractivity contribution in [3.63, 3.8) is 0 Å². The second-order valence-electron chi connectivity index (χ2n) is 5.09. The van der Waals surface area contributed by atoms with Crippen molar-refractivity contribution in [1.82, 2.24) is 5.32 Å². The Morgan fingerprint density at radius 2 is 2.05 bits per heavy atom. The smallest absolute Gasteiger partial charge is 0.178 e. The molecule has 0 atom stereocenters. The first-order valence-corrected chi connectivity index (χ1v) is 6.78. The summed E-state index contributed by atoms with van der Waals surface area (Å²) in [5.74, 6) is 0.656. The van der Waals surface area contributed by atoms with Crippen LogP contribution < -0.4 is 15.0 Å². The Balaban J connectivity index is 2.42. The second-order valence-corrected chi connectivity index (χ2v) is 5.89. The number of rotatable bonds is 2. The molecule has 0 saturated heterocycles. The van der Waals surface area contributed by atoms with Gasteiger partial charge in [-0.2, -0.15) is 0 Å². The van der Waals surface area contributed by atoms with Crippen molar-refractivity contribution in [3.05, 3.63) is 35.0 Å². The van der Waals surface area contributed by atoms with Gasteiger partial charge in [0.1, 0.15) is 5.75 Å². The number of ether oxygens (including phenoxy) is 1. The van der Waals surface area contributed by atoms with Gasteiger partial charge in [0.15, 0.2) is 5.11 Å². The molecule has 19 heavy (non-hydrogen) atoms. The van der Waals surface area contributed by atoms with Crippen LogP contribution in [0.25, 0.3) is 0 Å². The van der Waals surface area contributed by atoms with E-state index in [2.05, 4.69) is 25.2 Å². The average Bonchev–Trinajstić information content (AvgIpc) is 2.26. The van der Waals surface area contributed by atoms with Crippen LogP contribution in [0.1, 0.15) is 20.8 Å². The number of nitrogens with zero attached hydrogens (tertiary/aromatic N) is 1. The summed E-state index contributed by atoms with van der Waals surface area (Å²) in [6.07, 6.45) is 2.14. The summed E-state index contributed by atoms with van der Waals surface area (Å²) in [5, 5.41) is 4.53. The van der Waals surface area contributed by atoms with Crippen LogP contribution in [-0.2, 0) is 0 Å². The molecule has 3 nitrogen and oxygen atoms in total. The number of methoxy groups -OCH3 is 1. The molecular weight excluding hydrogens is 280 g/mol. The van der Waals surface area contributed by atoms with Crippen LogP contribution in [-0.4, -0.2) is 17.8 Å². The number of hydrogen-bond acceptors (Lipinski definition) is 2. The van der Waals surface area contributed by atoms with E-state index < -0.39 is 0 Å². The molecule has 0 spiro atoms. The fourth-order valence-electron chi connectivity index (χ4n) is 2.23. The zero-order valence-corrected chi connectivity index (χ0v) is 13.0. The Labute approximate surface area is 124 Å². The maximum Gasteiger partial charge on any atom is 0.178 e. The lowest BCUT2D eigenvalue weighted by molar-refractivity contribution is 0.415. The molecule has 1 N–H and O–H groups in total. The van der Waals surface area contributed by atoms with E-state index >= 15 is 0 Å². The van der Waals surface area contributed by atoms with Gasteiger partial charge in [-0.05, 0) is 57.3 Å². The van der Waals surface area contributed by atoms with E-state index in [-0.39, 0.29) is 5.54 Å². The maximum atomic E-state index is 6.17. The molecule has 0 aromatic heterocycles. The molecule has 5 heteroatoms. The Bertz CT molecular complexity index is 554. The standard InChI is InChI=1S/C14H17ClN2OS/c1-9-8-14(2,3)16-13(19)17(9)10-5-6-12(18-4)11(15)7-10/h5-8H,1-4H3,(H,16,19). The zero-order chi connectivity index (χ0) is 14.2. The Morgan fingerprint density at radius 3 is 2.58 bits per heavy atom. The summed E-state index contributed by atoms with van der Waals surface area (Å²) < 4.78 is 5.16. The van der Waals surface area contributed by atoms with E-state index in [1.165, 1.54) is 0 Å². The highest BCUT2D eigenvalue weighted by Crippen LogP contribution is 2.32. The van der Waals surface area contributed by atoms with E-state index in [4.69, 9.17) is 28.6 Å². The predicted molar refractivity (Wildman–Crippen MR) is 84.1 cm³/mol. The van der Waals surface area contributed by atoms with E-state index in [1.54, 1.807) is 7.11 Å². The maximum absolute atomic E-state index is 6.17. The molecule has 1 heterocycles. The monoisotopic (exact) mass is 296 g/mol. The Hall–Kier alpha value is -1.26. The number of thiocarbonyl (C=S) groups is 1. The van der Waals surface area contributed by atoms with E-state index in [0.717, 1.165) is 11.4 Å². The molecule has 1 aliphatic heterocycles. The first-order chi connectivity index (χ1) is 8.84. The van der Waals surface area contributed by atoms with Crippen molar-refractivity contribution in [2.75, 3.05) is 12.0 Å². The number of nitrogens with one attached hydrogen (secondary N) is 1. The van der Waals surface area contributed by atoms with Crippen LogP contribution >= 0.6 is 23.8 Å². The van der Waals surface area contributed by atoms with Crippen molar-refractivity contribution in [3.8, 4) is 5.75 Å². The first kappa shape index (κ1) is 14.2. The molecule has 1 aromatic rings. The van der Waals surface area contributed by atoms with Crippen molar-refractivity contribution in [1.29, 1.82) is 0 Å². The molecule has 2 rings (SSSR count). The number of hydrogen-bond donors (Lipinski definition) is 1. The first-order valence-electron chi connectivity index (χ1n) is 5.99. The lowest BCUT2D eigenvalue weighted by Gasteiger charge is -2.38. The minimum atomic E-state index is -0.131. The lowest BCUT2D eigenvalue weighted by atomic mass is 10.0. The van der Waals surface area contributed by atoms with Crippen LogP contribution in [0.3, 0.4) is 0 Å². The zero-order valence-electron chi connectivity index (χ0n) is 11.5. The van der Waals surface area contributed by atoms with Crippen LogP contribution in [0.4, 0.5) is 5.69 Å². The molecular formula is C14H17ClN2OS. The van der Waals surface area contributed by atoms with Gasteiger partial charge < -0.3 is 10.1 Å². The molecule has 0 saturated carbocycles. The van der Waals surface area contributed by atoms with Gasteiger partial charge in [0.2, 0.25) is 0 Å². The third-order valence-electron chi connectivity index (χ3n) is 2.95. The molecule has 1 aromatic carbocycles. The third kappa shape index (κ3) is 2.85. The topological polar surface area (TPSA) is 24.5 Å². The Morgan fingerprint density at radius 1 is 1.37 bits per heavy atom. The highest BCUT2D eigenvalue weighted by molar-refractivity contribution is 7.80. The quantitative estimate of drug-likeness (QED) is 0.841. The van der Waals surface area contributed by atoms with E-state index in [0.29, 0.717) is 15.9 Å². The highest BCUT2D eigenvalue weighted by Gasteiger charge is 2.27. The SMILES string of the molecule is COc1ccc(N2C(=S)NC(C)(C)C=C2C)cc1Cl. The summed E-state index contributed by atoms with van der Waals surface area (Å²) in [6.45, 7) is 6.20. The van der Waals surface area contributed by atoms with Crippen molar-refractivity contribution >= 4 is 34.6 Å². The minimum absolute atomic E-state index is 0.131. The second kappa shape index (κ2) is 5.02. The summed E-state index contributed by atoms with van der Waals surface area (Å²) in [5.41, 5.74) is 1.87. The number of halogens is 1. The number of anilines is 1. The van der Waals surface area contributed by atoms with Crippen molar-refractivity contribution in [2.45, 2.75) is 26.3 Å². The van der Waals surface area contributed by atoms with Gasteiger partial charge in [0.05, 0.1) is 17.7 Å². The number of benzene rings is 1. The van der Waals surface area contributed by atoms with Gasteiger partial charge in [-0.1, -0.05) is 11.6 Å². The van der Waals surface area contributed by atoms with Gasteiger partial charge in [0.25, 0.3) is 0 Å². The predicted octanol–water partition coefficient (Wildman–Crippen LogP) is 3.73. The van der Waals surface area contributed by atoms with Crippen LogP contribution in [0, 0.1) is 0 Å². The fourth-order valence-corrected chi connectivity index (χ4v) is 2.99. The molecule has 0 unspecified atom stereocenters. The Kier molecular flexibility index (Phi) is 3.74. The third-order valence-corrected chi connectivity index (χ3v) is 3.53. The van der Waals surface area contributed by atoms with Gasteiger partial charge in [0, 0.05) is 11.4 Å². The molecule has 0 aliphatic carbocycles. The molecule has 0 bridgehead atoms. The number of allylic oxidation sites excluding steroid dienone is 1. The summed E-state index contributed by atoms with van der Waals surface area (Å²) in [6, 6.07) is 5.63. The summed E-state index contributed by atoms with van der Waals surface area (Å²) in [7, 11) is 1.60. The van der Waals surface area contributed by atoms with Crippen molar-refractivity contribution < 1.29 is 4.74 Å². The highest BCUT2D eigenvalue weighted by atomic mass is 35.5. The van der Waals surface area contributed by atoms with Crippen LogP contribution in [0.5, 0.6) is 5.75 Å².